The van der Waals surface area contributed by atoms with Crippen molar-refractivity contribution in [1.29, 1.82) is 0 Å². The van der Waals surface area contributed by atoms with Crippen LogP contribution in [0.15, 0.2) is 36.5 Å². The highest BCUT2D eigenvalue weighted by Gasteiger charge is 2.38. The number of hydrogen-bond acceptors (Lipinski definition) is 0. The van der Waals surface area contributed by atoms with E-state index in [0.717, 1.165) is 23.7 Å². The Bertz CT molecular complexity index is 1030. The standard InChI is InChI=1S/C18H32.2C17H32/c1-17(2)13-15(14-17)9-7-5-6-8-10-16-11-12-18(16,3)4;1-16(2,3)13-10-8-6-7-9-11-15-12-14-17(15,4)5;1-16(2,3)12-10-8-6-7-9-11-15-13-17(4,5)14-15/h5-6,15-16H,7-14H2,1-4H3;2*6-7,15H,8-14H2,1-5H3. The van der Waals surface area contributed by atoms with E-state index in [2.05, 4.69) is 133 Å². The van der Waals surface area contributed by atoms with Crippen LogP contribution in [0.2, 0.25) is 0 Å². The second kappa shape index (κ2) is 21.5. The van der Waals surface area contributed by atoms with Crippen LogP contribution in [0, 0.1) is 56.2 Å². The molecule has 0 aliphatic heterocycles. The van der Waals surface area contributed by atoms with E-state index in [1.165, 1.54) is 141 Å². The van der Waals surface area contributed by atoms with E-state index >= 15 is 0 Å². The molecule has 304 valence electrons. The summed E-state index contributed by atoms with van der Waals surface area (Å²) in [5, 5.41) is 0. The first-order chi connectivity index (χ1) is 24.0. The lowest BCUT2D eigenvalue weighted by atomic mass is 9.61. The molecule has 2 unspecified atom stereocenters. The SMILES string of the molecule is CC(C)(C)CCCC=CCCC1CC(C)(C)C1.CC(C)(C)CCCC=CCCC1CCC1(C)C.CC1(C)CC(CCC=CCCC2CCC2(C)C)C1. The summed E-state index contributed by atoms with van der Waals surface area (Å²) >= 11 is 0. The minimum absolute atomic E-state index is 0.504. The van der Waals surface area contributed by atoms with Gasteiger partial charge in [-0.3, -0.25) is 0 Å². The van der Waals surface area contributed by atoms with Crippen molar-refractivity contribution in [1.82, 2.24) is 0 Å². The van der Waals surface area contributed by atoms with Crippen molar-refractivity contribution in [3.05, 3.63) is 36.5 Å². The molecule has 0 aromatic heterocycles. The predicted octanol–water partition coefficient (Wildman–Crippen LogP) is 17.9. The average Bonchev–Trinajstić information content (AvgIpc) is 2.98. The van der Waals surface area contributed by atoms with Gasteiger partial charge >= 0.3 is 0 Å². The van der Waals surface area contributed by atoms with Crippen LogP contribution >= 0.6 is 0 Å². The third-order valence-electron chi connectivity index (χ3n) is 13.8. The van der Waals surface area contributed by atoms with E-state index in [4.69, 9.17) is 0 Å². The lowest BCUT2D eigenvalue weighted by molar-refractivity contribution is 0.0655. The summed E-state index contributed by atoms with van der Waals surface area (Å²) in [6, 6.07) is 0. The van der Waals surface area contributed by atoms with Gasteiger partial charge in [-0.25, -0.2) is 0 Å². The van der Waals surface area contributed by atoms with Crippen LogP contribution < -0.4 is 0 Å². The maximum atomic E-state index is 2.44. The lowest BCUT2D eigenvalue weighted by Gasteiger charge is -2.44. The molecule has 52 heavy (non-hydrogen) atoms. The highest BCUT2D eigenvalue weighted by atomic mass is 14.4. The highest BCUT2D eigenvalue weighted by molar-refractivity contribution is 4.94. The smallest absolute Gasteiger partial charge is 0.0326 e. The van der Waals surface area contributed by atoms with Gasteiger partial charge in [-0.1, -0.05) is 133 Å². The number of unbranched alkanes of at least 4 members (excludes halogenated alkanes) is 2. The monoisotopic (exact) mass is 721 g/mol. The fourth-order valence-electron chi connectivity index (χ4n) is 9.80. The van der Waals surface area contributed by atoms with E-state index in [9.17, 15) is 0 Å². The molecule has 0 heteroatoms. The van der Waals surface area contributed by atoms with Crippen LogP contribution in [0.5, 0.6) is 0 Å². The van der Waals surface area contributed by atoms with Crippen molar-refractivity contribution in [2.75, 3.05) is 0 Å². The van der Waals surface area contributed by atoms with Crippen LogP contribution in [0.3, 0.4) is 0 Å². The van der Waals surface area contributed by atoms with Crippen molar-refractivity contribution < 1.29 is 0 Å². The van der Waals surface area contributed by atoms with Gasteiger partial charge in [0.05, 0.1) is 0 Å². The van der Waals surface area contributed by atoms with Crippen molar-refractivity contribution in [2.24, 2.45) is 56.2 Å². The maximum Gasteiger partial charge on any atom is -0.0326 e. The Morgan fingerprint density at radius 1 is 0.423 bits per heavy atom. The van der Waals surface area contributed by atoms with Gasteiger partial charge in [0.25, 0.3) is 0 Å². The summed E-state index contributed by atoms with van der Waals surface area (Å²) < 4.78 is 0. The molecule has 4 rings (SSSR count). The topological polar surface area (TPSA) is 0 Å². The fourth-order valence-corrected chi connectivity index (χ4v) is 9.80. The molecule has 0 aromatic carbocycles. The summed E-state index contributed by atoms with van der Waals surface area (Å²) in [6.07, 6.45) is 44.9. The van der Waals surface area contributed by atoms with Crippen molar-refractivity contribution in [3.8, 4) is 0 Å². The Kier molecular flexibility index (Phi) is 19.6. The van der Waals surface area contributed by atoms with Crippen LogP contribution in [-0.2, 0) is 0 Å². The minimum Gasteiger partial charge on any atom is -0.0885 e. The van der Waals surface area contributed by atoms with Crippen LogP contribution in [0.1, 0.15) is 238 Å². The lowest BCUT2D eigenvalue weighted by Crippen LogP contribution is -2.34. The molecule has 0 bridgehead atoms. The maximum absolute atomic E-state index is 2.44. The van der Waals surface area contributed by atoms with Gasteiger partial charge in [0.2, 0.25) is 0 Å². The van der Waals surface area contributed by atoms with E-state index in [1.807, 2.05) is 0 Å². The number of hydrogen-bond donors (Lipinski definition) is 0. The van der Waals surface area contributed by atoms with Crippen molar-refractivity contribution >= 4 is 0 Å². The Balaban J connectivity index is 0.000000270. The van der Waals surface area contributed by atoms with E-state index in [1.54, 1.807) is 0 Å². The number of rotatable bonds is 18. The van der Waals surface area contributed by atoms with Gasteiger partial charge < -0.3 is 0 Å². The molecule has 4 aliphatic carbocycles. The third-order valence-corrected chi connectivity index (χ3v) is 13.8. The minimum atomic E-state index is 0.504. The molecule has 0 N–H and O–H groups in total. The van der Waals surface area contributed by atoms with E-state index in [-0.39, 0.29) is 0 Å². The average molecular weight is 721 g/mol. The Morgan fingerprint density at radius 3 is 0.942 bits per heavy atom. The van der Waals surface area contributed by atoms with Gasteiger partial charge in [-0.15, -0.1) is 0 Å². The quantitative estimate of drug-likeness (QED) is 0.0977. The summed E-state index contributed by atoms with van der Waals surface area (Å²) in [7, 11) is 0. The largest absolute Gasteiger partial charge is 0.0885 e. The molecule has 0 saturated heterocycles. The summed E-state index contributed by atoms with van der Waals surface area (Å²) in [4.78, 5) is 0. The normalized spacial score (nSPS) is 25.0. The fraction of sp³-hybridized carbons (Fsp3) is 0.885. The summed E-state index contributed by atoms with van der Waals surface area (Å²) in [5.74, 6) is 4.02. The van der Waals surface area contributed by atoms with Gasteiger partial charge in [-0.2, -0.15) is 0 Å². The molecule has 0 radical (unpaired) electrons. The van der Waals surface area contributed by atoms with Crippen LogP contribution in [0.25, 0.3) is 0 Å². The molecule has 0 heterocycles. The van der Waals surface area contributed by atoms with Crippen LogP contribution in [0.4, 0.5) is 0 Å². The molecular formula is C52H96. The highest BCUT2D eigenvalue weighted by Crippen LogP contribution is 2.50. The Morgan fingerprint density at radius 2 is 0.712 bits per heavy atom. The summed E-state index contributed by atoms with van der Waals surface area (Å²) in [5.41, 5.74) is 3.60. The van der Waals surface area contributed by atoms with Gasteiger partial charge in [0.1, 0.15) is 0 Å². The molecule has 0 amide bonds. The van der Waals surface area contributed by atoms with E-state index < -0.39 is 0 Å². The first-order valence-corrected chi connectivity index (χ1v) is 22.9. The molecule has 0 aromatic rings. The Hall–Kier alpha value is -0.780. The molecule has 4 aliphatic rings. The van der Waals surface area contributed by atoms with Gasteiger partial charge in [-0.05, 0) is 197 Å². The molecular weight excluding hydrogens is 625 g/mol. The molecule has 4 fully saturated rings. The molecule has 2 atom stereocenters. The first-order valence-electron chi connectivity index (χ1n) is 22.9. The van der Waals surface area contributed by atoms with Crippen LogP contribution in [-0.4, -0.2) is 0 Å². The zero-order valence-electron chi connectivity index (χ0n) is 38.3. The first kappa shape index (κ1) is 47.4. The molecule has 4 saturated carbocycles. The van der Waals surface area contributed by atoms with Crippen molar-refractivity contribution in [3.63, 3.8) is 0 Å². The zero-order chi connectivity index (χ0) is 39.1. The number of allylic oxidation sites excluding steroid dienone is 6. The summed E-state index contributed by atoms with van der Waals surface area (Å²) in [6.45, 7) is 33.3. The molecule has 0 spiro atoms. The van der Waals surface area contributed by atoms with E-state index in [0.29, 0.717) is 32.5 Å². The van der Waals surface area contributed by atoms with Crippen molar-refractivity contribution in [2.45, 2.75) is 238 Å². The third kappa shape index (κ3) is 20.8. The molecule has 0 nitrogen and oxygen atoms in total. The van der Waals surface area contributed by atoms with Gasteiger partial charge in [0.15, 0.2) is 0 Å². The second-order valence-electron chi connectivity index (χ2n) is 24.0. The zero-order valence-corrected chi connectivity index (χ0v) is 38.3. The Labute approximate surface area is 329 Å². The second-order valence-corrected chi connectivity index (χ2v) is 24.0. The predicted molar refractivity (Wildman–Crippen MR) is 237 cm³/mol. The van der Waals surface area contributed by atoms with Gasteiger partial charge in [0, 0.05) is 0 Å².